The van der Waals surface area contributed by atoms with Gasteiger partial charge in [0.2, 0.25) is 10.9 Å². The number of methoxy groups -OCH3 is 1. The zero-order valence-electron chi connectivity index (χ0n) is 25.9. The van der Waals surface area contributed by atoms with Crippen molar-refractivity contribution in [2.75, 3.05) is 18.6 Å². The van der Waals surface area contributed by atoms with Crippen LogP contribution in [0.5, 0.6) is 11.5 Å². The van der Waals surface area contributed by atoms with Crippen LogP contribution in [0, 0.1) is 12.8 Å². The standard InChI is InChI=1S/C35H33N3O6S2/c1-20(2)15-16-43-26-14-13-24(18-27(26)42-4)30-29(31(39)28-17-23-7-5-6-8-25(23)44-28)32(40)33(41)38(30)34-36-37-35(46-34)45-19-22-11-9-21(3)10-12-22/h5-14,17-18,20,30,40H,15-16,19H2,1-4H3. The van der Waals surface area contributed by atoms with Crippen LogP contribution in [0.4, 0.5) is 5.13 Å². The molecule has 1 amide bonds. The average Bonchev–Trinajstić information content (AvgIpc) is 3.77. The van der Waals surface area contributed by atoms with Crippen molar-refractivity contribution < 1.29 is 28.6 Å². The Hall–Kier alpha value is -4.61. The second-order valence-electron chi connectivity index (χ2n) is 11.4. The number of ether oxygens (including phenoxy) is 2. The SMILES string of the molecule is COc1cc(C2C(C(=O)c3cc4ccccc4o3)=C(O)C(=O)N2c2nnc(SCc3ccc(C)cc3)s2)ccc1OCCC(C)C. The molecule has 0 saturated carbocycles. The van der Waals surface area contributed by atoms with E-state index in [4.69, 9.17) is 13.9 Å². The van der Waals surface area contributed by atoms with Gasteiger partial charge in [-0.2, -0.15) is 0 Å². The lowest BCUT2D eigenvalue weighted by molar-refractivity contribution is -0.117. The monoisotopic (exact) mass is 655 g/mol. The lowest BCUT2D eigenvalue weighted by atomic mass is 9.95. The first-order valence-corrected chi connectivity index (χ1v) is 16.7. The van der Waals surface area contributed by atoms with Gasteiger partial charge in [0.1, 0.15) is 5.58 Å². The third-order valence-corrected chi connectivity index (χ3v) is 9.77. The van der Waals surface area contributed by atoms with Gasteiger partial charge in [0.15, 0.2) is 27.4 Å². The van der Waals surface area contributed by atoms with Crippen LogP contribution in [0.2, 0.25) is 0 Å². The number of aromatic nitrogens is 2. The number of anilines is 1. The van der Waals surface area contributed by atoms with E-state index in [1.165, 1.54) is 40.7 Å². The van der Waals surface area contributed by atoms with Crippen molar-refractivity contribution in [3.05, 3.63) is 107 Å². The van der Waals surface area contributed by atoms with Gasteiger partial charge in [0.05, 0.1) is 25.3 Å². The molecule has 46 heavy (non-hydrogen) atoms. The van der Waals surface area contributed by atoms with E-state index in [-0.39, 0.29) is 16.5 Å². The largest absolute Gasteiger partial charge is 0.503 e. The number of aliphatic hydroxyl groups is 1. The number of aryl methyl sites for hydroxylation is 1. The summed E-state index contributed by atoms with van der Waals surface area (Å²) >= 11 is 2.71. The fraction of sp³-hybridized carbons (Fsp3) is 0.257. The highest BCUT2D eigenvalue weighted by atomic mass is 32.2. The number of hydrogen-bond donors (Lipinski definition) is 1. The Balaban J connectivity index is 1.37. The molecule has 6 rings (SSSR count). The first-order chi connectivity index (χ1) is 22.2. The summed E-state index contributed by atoms with van der Waals surface area (Å²) in [6.07, 6.45) is 0.865. The minimum atomic E-state index is -1.03. The predicted octanol–water partition coefficient (Wildman–Crippen LogP) is 8.10. The number of hydrogen-bond acceptors (Lipinski definition) is 10. The van der Waals surface area contributed by atoms with Gasteiger partial charge in [-0.05, 0) is 54.7 Å². The summed E-state index contributed by atoms with van der Waals surface area (Å²) in [5, 5.41) is 20.9. The lowest BCUT2D eigenvalue weighted by Crippen LogP contribution is -2.31. The summed E-state index contributed by atoms with van der Waals surface area (Å²) in [7, 11) is 1.53. The van der Waals surface area contributed by atoms with Crippen molar-refractivity contribution in [2.24, 2.45) is 5.92 Å². The second-order valence-corrected chi connectivity index (χ2v) is 13.6. The van der Waals surface area contributed by atoms with Crippen molar-refractivity contribution in [2.45, 2.75) is 43.3 Å². The fourth-order valence-corrected chi connectivity index (χ4v) is 6.97. The third-order valence-electron chi connectivity index (χ3n) is 7.64. The molecule has 236 valence electrons. The normalized spacial score (nSPS) is 14.9. The number of furan rings is 1. The zero-order chi connectivity index (χ0) is 32.4. The summed E-state index contributed by atoms with van der Waals surface area (Å²) in [6, 6.07) is 21.3. The molecule has 0 saturated heterocycles. The minimum Gasteiger partial charge on any atom is -0.503 e. The summed E-state index contributed by atoms with van der Waals surface area (Å²) in [4.78, 5) is 29.1. The molecule has 0 fully saturated rings. The van der Waals surface area contributed by atoms with Gasteiger partial charge >= 0.3 is 0 Å². The maximum Gasteiger partial charge on any atom is 0.296 e. The van der Waals surface area contributed by atoms with Crippen LogP contribution in [-0.4, -0.2) is 40.7 Å². The molecule has 1 atom stereocenters. The van der Waals surface area contributed by atoms with Gasteiger partial charge in [-0.3, -0.25) is 14.5 Å². The van der Waals surface area contributed by atoms with Crippen LogP contribution >= 0.6 is 23.1 Å². The van der Waals surface area contributed by atoms with Crippen molar-refractivity contribution in [1.29, 1.82) is 0 Å². The minimum absolute atomic E-state index is 0.00890. The Morgan fingerprint density at radius 2 is 1.85 bits per heavy atom. The first-order valence-electron chi connectivity index (χ1n) is 14.9. The van der Waals surface area contributed by atoms with Crippen LogP contribution < -0.4 is 14.4 Å². The van der Waals surface area contributed by atoms with Gasteiger partial charge in [-0.15, -0.1) is 10.2 Å². The van der Waals surface area contributed by atoms with Crippen LogP contribution in [0.3, 0.4) is 0 Å². The van der Waals surface area contributed by atoms with Gasteiger partial charge in [0, 0.05) is 11.1 Å². The number of amides is 1. The number of rotatable bonds is 12. The van der Waals surface area contributed by atoms with E-state index in [2.05, 4.69) is 48.3 Å². The Labute approximate surface area is 274 Å². The van der Waals surface area contributed by atoms with E-state index in [0.29, 0.717) is 45.3 Å². The number of carbonyl (C=O) groups excluding carboxylic acids is 2. The Morgan fingerprint density at radius 3 is 2.59 bits per heavy atom. The van der Waals surface area contributed by atoms with Gasteiger partial charge < -0.3 is 19.0 Å². The number of aliphatic hydroxyl groups excluding tert-OH is 1. The quantitative estimate of drug-likeness (QED) is 0.0809. The van der Waals surface area contributed by atoms with Gasteiger partial charge in [0.25, 0.3) is 5.91 Å². The molecule has 0 spiro atoms. The van der Waals surface area contributed by atoms with Crippen LogP contribution in [0.1, 0.15) is 53.6 Å². The molecule has 1 N–H and O–H groups in total. The molecule has 1 unspecified atom stereocenters. The number of benzene rings is 3. The molecule has 0 radical (unpaired) electrons. The Kier molecular flexibility index (Phi) is 9.14. The highest BCUT2D eigenvalue weighted by molar-refractivity contribution is 8.00. The van der Waals surface area contributed by atoms with Crippen molar-refractivity contribution in [1.82, 2.24) is 10.2 Å². The van der Waals surface area contributed by atoms with E-state index in [0.717, 1.165) is 17.4 Å². The molecule has 5 aromatic rings. The molecule has 1 aliphatic heterocycles. The van der Waals surface area contributed by atoms with Crippen LogP contribution in [0.15, 0.2) is 92.9 Å². The molecule has 0 aliphatic carbocycles. The molecule has 9 nitrogen and oxygen atoms in total. The van der Waals surface area contributed by atoms with Gasteiger partial charge in [-0.1, -0.05) is 91.0 Å². The first kappa shape index (κ1) is 31.4. The molecule has 2 aromatic heterocycles. The molecule has 11 heteroatoms. The van der Waals surface area contributed by atoms with E-state index in [1.54, 1.807) is 36.4 Å². The number of para-hydroxylation sites is 1. The predicted molar refractivity (Wildman–Crippen MR) is 179 cm³/mol. The van der Waals surface area contributed by atoms with Crippen molar-refractivity contribution in [3.63, 3.8) is 0 Å². The van der Waals surface area contributed by atoms with E-state index < -0.39 is 23.5 Å². The molecule has 3 heterocycles. The molecule has 0 bridgehead atoms. The summed E-state index contributed by atoms with van der Waals surface area (Å²) in [5.74, 6) is 0.0757. The number of nitrogens with zero attached hydrogens (tertiary/aromatic N) is 3. The van der Waals surface area contributed by atoms with Crippen molar-refractivity contribution >= 4 is 50.9 Å². The van der Waals surface area contributed by atoms with Gasteiger partial charge in [-0.25, -0.2) is 0 Å². The highest BCUT2D eigenvalue weighted by Crippen LogP contribution is 2.46. The Bertz CT molecular complexity index is 1900. The summed E-state index contributed by atoms with van der Waals surface area (Å²) < 4.78 is 18.2. The number of carbonyl (C=O) groups is 2. The highest BCUT2D eigenvalue weighted by Gasteiger charge is 2.47. The number of ketones is 1. The Morgan fingerprint density at radius 1 is 1.07 bits per heavy atom. The fourth-order valence-electron chi connectivity index (χ4n) is 5.14. The topological polar surface area (TPSA) is 115 Å². The summed E-state index contributed by atoms with van der Waals surface area (Å²) in [5.41, 5.74) is 3.23. The molecular formula is C35H33N3O6S2. The third kappa shape index (κ3) is 6.38. The number of fused-ring (bicyclic) bond motifs is 1. The van der Waals surface area contributed by atoms with E-state index in [9.17, 15) is 14.7 Å². The number of thioether (sulfide) groups is 1. The maximum atomic E-state index is 14.1. The molecule has 1 aliphatic rings. The second kappa shape index (κ2) is 13.4. The van der Waals surface area contributed by atoms with Crippen molar-refractivity contribution in [3.8, 4) is 11.5 Å². The lowest BCUT2D eigenvalue weighted by Gasteiger charge is -2.24. The summed E-state index contributed by atoms with van der Waals surface area (Å²) in [6.45, 7) is 6.78. The molecular weight excluding hydrogens is 623 g/mol. The van der Waals surface area contributed by atoms with E-state index >= 15 is 0 Å². The zero-order valence-corrected chi connectivity index (χ0v) is 27.5. The average molecular weight is 656 g/mol. The van der Waals surface area contributed by atoms with Crippen LogP contribution in [0.25, 0.3) is 11.0 Å². The smallest absolute Gasteiger partial charge is 0.296 e. The maximum absolute atomic E-state index is 14.1. The van der Waals surface area contributed by atoms with E-state index in [1.807, 2.05) is 19.1 Å². The van der Waals surface area contributed by atoms with Crippen LogP contribution in [-0.2, 0) is 10.5 Å². The molecule has 3 aromatic carbocycles. The number of Topliss-reactive ketones (excluding diaryl/α,β-unsaturated/α-hetero) is 1.